The van der Waals surface area contributed by atoms with E-state index in [1.54, 1.807) is 32.2 Å². The van der Waals surface area contributed by atoms with Gasteiger partial charge >= 0.3 is 5.97 Å². The molecule has 0 amide bonds. The summed E-state index contributed by atoms with van der Waals surface area (Å²) in [6.07, 6.45) is 0. The molecule has 0 radical (unpaired) electrons. The van der Waals surface area contributed by atoms with Crippen LogP contribution in [0.2, 0.25) is 0 Å². The number of rotatable bonds is 9. The third-order valence-electron chi connectivity index (χ3n) is 3.15. The number of aromatic amines is 1. The van der Waals surface area contributed by atoms with Gasteiger partial charge in [-0.05, 0) is 26.0 Å². The van der Waals surface area contributed by atoms with Crippen molar-refractivity contribution in [2.75, 3.05) is 33.5 Å². The van der Waals surface area contributed by atoms with Gasteiger partial charge in [0.2, 0.25) is 0 Å². The number of benzene rings is 1. The first-order valence-corrected chi connectivity index (χ1v) is 7.68. The van der Waals surface area contributed by atoms with Crippen LogP contribution in [0.5, 0.6) is 11.5 Å². The fourth-order valence-electron chi connectivity index (χ4n) is 2.12. The Morgan fingerprint density at radius 1 is 1.17 bits per heavy atom. The van der Waals surface area contributed by atoms with Gasteiger partial charge in [0.1, 0.15) is 12.3 Å². The molecular formula is C16H21N3O5. The van der Waals surface area contributed by atoms with Crippen molar-refractivity contribution < 1.29 is 23.7 Å². The van der Waals surface area contributed by atoms with E-state index in [0.29, 0.717) is 42.6 Å². The fraction of sp³-hybridized carbons (Fsp3) is 0.438. The number of H-pyrrole nitrogens is 1. The molecule has 130 valence electrons. The van der Waals surface area contributed by atoms with E-state index in [9.17, 15) is 4.79 Å². The summed E-state index contributed by atoms with van der Waals surface area (Å²) in [6, 6.07) is 5.33. The van der Waals surface area contributed by atoms with E-state index in [2.05, 4.69) is 15.4 Å². The van der Waals surface area contributed by atoms with Gasteiger partial charge in [0.15, 0.2) is 17.2 Å². The Labute approximate surface area is 140 Å². The highest BCUT2D eigenvalue weighted by Crippen LogP contribution is 2.38. The number of carbonyl (C=O) groups excluding carboxylic acids is 1. The summed E-state index contributed by atoms with van der Waals surface area (Å²) in [6.45, 7) is 5.28. The number of esters is 1. The summed E-state index contributed by atoms with van der Waals surface area (Å²) in [5.41, 5.74) is 1.03. The number of hydrogen-bond acceptors (Lipinski definition) is 7. The number of nitrogens with one attached hydrogen (secondary N) is 1. The second kappa shape index (κ2) is 8.88. The molecule has 8 nitrogen and oxygen atoms in total. The smallest absolute Gasteiger partial charge is 0.361 e. The predicted molar refractivity (Wildman–Crippen MR) is 86.3 cm³/mol. The van der Waals surface area contributed by atoms with Crippen molar-refractivity contribution in [2.45, 2.75) is 13.8 Å². The summed E-state index contributed by atoms with van der Waals surface area (Å²) in [7, 11) is 1.55. The number of aromatic nitrogens is 3. The SMILES string of the molecule is CCOCCOc1c(OC)cccc1-c1n[nH]nc1C(=O)OCC. The van der Waals surface area contributed by atoms with Crippen LogP contribution < -0.4 is 9.47 Å². The monoisotopic (exact) mass is 335 g/mol. The van der Waals surface area contributed by atoms with Crippen molar-refractivity contribution in [1.82, 2.24) is 15.4 Å². The van der Waals surface area contributed by atoms with Crippen LogP contribution in [0.15, 0.2) is 18.2 Å². The maximum Gasteiger partial charge on any atom is 0.361 e. The van der Waals surface area contributed by atoms with E-state index < -0.39 is 5.97 Å². The molecule has 0 bridgehead atoms. The van der Waals surface area contributed by atoms with Gasteiger partial charge < -0.3 is 18.9 Å². The van der Waals surface area contributed by atoms with Crippen LogP contribution in [-0.2, 0) is 9.47 Å². The molecule has 1 aromatic carbocycles. The summed E-state index contributed by atoms with van der Waals surface area (Å²) in [4.78, 5) is 12.0. The molecule has 0 saturated heterocycles. The Hall–Kier alpha value is -2.61. The van der Waals surface area contributed by atoms with Crippen LogP contribution in [0.3, 0.4) is 0 Å². The van der Waals surface area contributed by atoms with Crippen LogP contribution in [0.4, 0.5) is 0 Å². The van der Waals surface area contributed by atoms with Crippen molar-refractivity contribution in [2.24, 2.45) is 0 Å². The third kappa shape index (κ3) is 4.02. The average molecular weight is 335 g/mol. The quantitative estimate of drug-likeness (QED) is 0.553. The number of carbonyl (C=O) groups is 1. The van der Waals surface area contributed by atoms with E-state index in [1.165, 1.54) is 0 Å². The second-order valence-electron chi connectivity index (χ2n) is 4.62. The van der Waals surface area contributed by atoms with Gasteiger partial charge in [-0.15, -0.1) is 5.10 Å². The molecule has 8 heteroatoms. The van der Waals surface area contributed by atoms with E-state index >= 15 is 0 Å². The molecule has 0 atom stereocenters. The van der Waals surface area contributed by atoms with Gasteiger partial charge in [0.05, 0.1) is 25.9 Å². The standard InChI is InChI=1S/C16H21N3O5/c1-4-22-9-10-24-15-11(7-6-8-12(15)21-3)13-14(18-19-17-13)16(20)23-5-2/h6-8H,4-5,9-10H2,1-3H3,(H,17,18,19). The lowest BCUT2D eigenvalue weighted by Gasteiger charge is -2.14. The largest absolute Gasteiger partial charge is 0.493 e. The van der Waals surface area contributed by atoms with Crippen LogP contribution in [-0.4, -0.2) is 54.9 Å². The number of nitrogens with zero attached hydrogens (tertiary/aromatic N) is 2. The Balaban J connectivity index is 2.36. The lowest BCUT2D eigenvalue weighted by atomic mass is 10.1. The molecule has 0 spiro atoms. The van der Waals surface area contributed by atoms with E-state index in [-0.39, 0.29) is 12.3 Å². The minimum Gasteiger partial charge on any atom is -0.493 e. The molecule has 0 aliphatic heterocycles. The predicted octanol–water partition coefficient (Wildman–Crippen LogP) is 2.07. The Kier molecular flexibility index (Phi) is 6.56. The molecule has 0 aliphatic rings. The number of methoxy groups -OCH3 is 1. The summed E-state index contributed by atoms with van der Waals surface area (Å²) in [5.74, 6) is 0.449. The molecule has 0 fully saturated rings. The summed E-state index contributed by atoms with van der Waals surface area (Å²) in [5, 5.41) is 10.4. The lowest BCUT2D eigenvalue weighted by Crippen LogP contribution is -2.09. The normalized spacial score (nSPS) is 10.5. The zero-order valence-electron chi connectivity index (χ0n) is 14.0. The van der Waals surface area contributed by atoms with Crippen molar-refractivity contribution in [3.63, 3.8) is 0 Å². The highest BCUT2D eigenvalue weighted by Gasteiger charge is 2.23. The van der Waals surface area contributed by atoms with E-state index in [0.717, 1.165) is 0 Å². The van der Waals surface area contributed by atoms with Gasteiger partial charge in [-0.2, -0.15) is 10.3 Å². The maximum atomic E-state index is 12.0. The van der Waals surface area contributed by atoms with Gasteiger partial charge in [-0.3, -0.25) is 0 Å². The zero-order valence-corrected chi connectivity index (χ0v) is 14.0. The first-order valence-electron chi connectivity index (χ1n) is 7.68. The molecule has 2 aromatic rings. The molecule has 1 aromatic heterocycles. The molecule has 0 saturated carbocycles. The van der Waals surface area contributed by atoms with Crippen molar-refractivity contribution in [1.29, 1.82) is 0 Å². The molecule has 1 heterocycles. The fourth-order valence-corrected chi connectivity index (χ4v) is 2.12. The second-order valence-corrected chi connectivity index (χ2v) is 4.62. The number of ether oxygens (including phenoxy) is 4. The number of para-hydroxylation sites is 1. The third-order valence-corrected chi connectivity index (χ3v) is 3.15. The van der Waals surface area contributed by atoms with Gasteiger partial charge in [-0.25, -0.2) is 4.79 Å². The van der Waals surface area contributed by atoms with Crippen LogP contribution in [0.25, 0.3) is 11.3 Å². The zero-order chi connectivity index (χ0) is 17.4. The molecular weight excluding hydrogens is 314 g/mol. The average Bonchev–Trinajstić information content (AvgIpc) is 3.08. The maximum absolute atomic E-state index is 12.0. The Morgan fingerprint density at radius 2 is 2.00 bits per heavy atom. The van der Waals surface area contributed by atoms with Crippen molar-refractivity contribution in [3.8, 4) is 22.8 Å². The minimum atomic E-state index is -0.552. The summed E-state index contributed by atoms with van der Waals surface area (Å²) >= 11 is 0. The highest BCUT2D eigenvalue weighted by atomic mass is 16.5. The molecule has 0 aliphatic carbocycles. The van der Waals surface area contributed by atoms with Crippen molar-refractivity contribution >= 4 is 5.97 Å². The topological polar surface area (TPSA) is 95.6 Å². The van der Waals surface area contributed by atoms with Gasteiger partial charge in [-0.1, -0.05) is 6.07 Å². The van der Waals surface area contributed by atoms with Crippen molar-refractivity contribution in [3.05, 3.63) is 23.9 Å². The number of hydrogen-bond donors (Lipinski definition) is 1. The Bertz CT molecular complexity index is 671. The highest BCUT2D eigenvalue weighted by molar-refractivity contribution is 5.95. The minimum absolute atomic E-state index is 0.0970. The van der Waals surface area contributed by atoms with E-state index in [4.69, 9.17) is 18.9 Å². The van der Waals surface area contributed by atoms with E-state index in [1.807, 2.05) is 6.92 Å². The van der Waals surface area contributed by atoms with Gasteiger partial charge in [0.25, 0.3) is 0 Å². The molecule has 24 heavy (non-hydrogen) atoms. The van der Waals surface area contributed by atoms with Crippen LogP contribution in [0.1, 0.15) is 24.3 Å². The summed E-state index contributed by atoms with van der Waals surface area (Å²) < 4.78 is 21.4. The molecule has 2 rings (SSSR count). The first kappa shape index (κ1) is 17.7. The van der Waals surface area contributed by atoms with Crippen LogP contribution in [0, 0.1) is 0 Å². The van der Waals surface area contributed by atoms with Gasteiger partial charge in [0, 0.05) is 6.61 Å². The molecule has 0 unspecified atom stereocenters. The first-order chi connectivity index (χ1) is 11.7. The van der Waals surface area contributed by atoms with Crippen LogP contribution >= 0.6 is 0 Å². The Morgan fingerprint density at radius 3 is 2.71 bits per heavy atom. The molecule has 1 N–H and O–H groups in total. The lowest BCUT2D eigenvalue weighted by molar-refractivity contribution is 0.0520.